The third-order valence-electron chi connectivity index (χ3n) is 2.08. The lowest BCUT2D eigenvalue weighted by atomic mass is 10.1. The summed E-state index contributed by atoms with van der Waals surface area (Å²) in [6, 6.07) is 0. The van der Waals surface area contributed by atoms with E-state index in [9.17, 15) is 18.4 Å². The second kappa shape index (κ2) is 4.87. The molecule has 0 aliphatic rings. The van der Waals surface area contributed by atoms with E-state index in [0.29, 0.717) is 0 Å². The van der Waals surface area contributed by atoms with Crippen molar-refractivity contribution in [2.24, 2.45) is 0 Å². The van der Waals surface area contributed by atoms with Crippen LogP contribution in [-0.4, -0.2) is 17.6 Å². The second-order valence-electron chi connectivity index (χ2n) is 3.09. The zero-order valence-electron chi connectivity index (χ0n) is 8.84. The molecule has 0 fully saturated rings. The highest BCUT2D eigenvalue weighted by atomic mass is 19.3. The molecule has 88 valence electrons. The Morgan fingerprint density at radius 2 is 2.19 bits per heavy atom. The SMILES string of the molecule is CCOC(=O)c1c(C(F)F)c[nH]c(=O)c1C. The Hall–Kier alpha value is -1.72. The highest BCUT2D eigenvalue weighted by Gasteiger charge is 2.23. The van der Waals surface area contributed by atoms with Crippen molar-refractivity contribution in [3.63, 3.8) is 0 Å². The van der Waals surface area contributed by atoms with E-state index >= 15 is 0 Å². The molecule has 0 spiro atoms. The molecule has 0 atom stereocenters. The lowest BCUT2D eigenvalue weighted by Gasteiger charge is -2.09. The fourth-order valence-corrected chi connectivity index (χ4v) is 1.30. The first-order valence-electron chi connectivity index (χ1n) is 4.66. The van der Waals surface area contributed by atoms with Crippen LogP contribution >= 0.6 is 0 Å². The molecule has 0 unspecified atom stereocenters. The van der Waals surface area contributed by atoms with Crippen LogP contribution in [0.25, 0.3) is 0 Å². The molecule has 1 aromatic rings. The number of aromatic amines is 1. The molecular formula is C10H11F2NO3. The second-order valence-corrected chi connectivity index (χ2v) is 3.09. The summed E-state index contributed by atoms with van der Waals surface area (Å²) in [5, 5.41) is 0. The monoisotopic (exact) mass is 231 g/mol. The molecule has 0 amide bonds. The lowest BCUT2D eigenvalue weighted by molar-refractivity contribution is 0.0514. The van der Waals surface area contributed by atoms with Gasteiger partial charge in [-0.2, -0.15) is 0 Å². The van der Waals surface area contributed by atoms with Crippen LogP contribution in [0.2, 0.25) is 0 Å². The fraction of sp³-hybridized carbons (Fsp3) is 0.400. The Bertz CT molecular complexity index is 454. The summed E-state index contributed by atoms with van der Waals surface area (Å²) in [7, 11) is 0. The van der Waals surface area contributed by atoms with Crippen molar-refractivity contribution in [1.29, 1.82) is 0 Å². The van der Waals surface area contributed by atoms with Crippen LogP contribution in [0.3, 0.4) is 0 Å². The first-order chi connectivity index (χ1) is 7.49. The maximum absolute atomic E-state index is 12.6. The predicted octanol–water partition coefficient (Wildman–Crippen LogP) is 1.80. The predicted molar refractivity (Wildman–Crippen MR) is 52.7 cm³/mol. The molecule has 0 saturated heterocycles. The number of pyridine rings is 1. The summed E-state index contributed by atoms with van der Waals surface area (Å²) in [6.45, 7) is 2.92. The van der Waals surface area contributed by atoms with Crippen LogP contribution < -0.4 is 5.56 Å². The van der Waals surface area contributed by atoms with Gasteiger partial charge in [-0.25, -0.2) is 13.6 Å². The van der Waals surface area contributed by atoms with Gasteiger partial charge in [0, 0.05) is 17.3 Å². The minimum Gasteiger partial charge on any atom is -0.462 e. The summed E-state index contributed by atoms with van der Waals surface area (Å²) in [4.78, 5) is 24.8. The molecule has 1 heterocycles. The van der Waals surface area contributed by atoms with E-state index in [-0.39, 0.29) is 17.7 Å². The molecule has 0 aliphatic heterocycles. The maximum Gasteiger partial charge on any atom is 0.339 e. The van der Waals surface area contributed by atoms with Gasteiger partial charge in [-0.1, -0.05) is 0 Å². The van der Waals surface area contributed by atoms with Crippen molar-refractivity contribution < 1.29 is 18.3 Å². The van der Waals surface area contributed by atoms with Crippen molar-refractivity contribution in [2.75, 3.05) is 6.61 Å². The zero-order chi connectivity index (χ0) is 12.3. The Morgan fingerprint density at radius 3 is 2.69 bits per heavy atom. The van der Waals surface area contributed by atoms with Crippen LogP contribution in [0.4, 0.5) is 8.78 Å². The van der Waals surface area contributed by atoms with Crippen LogP contribution in [-0.2, 0) is 4.74 Å². The molecule has 16 heavy (non-hydrogen) atoms. The summed E-state index contributed by atoms with van der Waals surface area (Å²) in [5.41, 5.74) is -1.50. The molecule has 1 rings (SSSR count). The summed E-state index contributed by atoms with van der Waals surface area (Å²) < 4.78 is 29.8. The Balaban J connectivity index is 3.37. The first-order valence-corrected chi connectivity index (χ1v) is 4.66. The van der Waals surface area contributed by atoms with Crippen LogP contribution in [0.15, 0.2) is 11.0 Å². The Kier molecular flexibility index (Phi) is 3.76. The normalized spacial score (nSPS) is 10.6. The summed E-state index contributed by atoms with van der Waals surface area (Å²) >= 11 is 0. The summed E-state index contributed by atoms with van der Waals surface area (Å²) in [5.74, 6) is -0.901. The number of hydrogen-bond donors (Lipinski definition) is 1. The molecule has 1 aromatic heterocycles. The quantitative estimate of drug-likeness (QED) is 0.807. The number of rotatable bonds is 3. The average Bonchev–Trinajstić information content (AvgIpc) is 2.21. The van der Waals surface area contributed by atoms with Gasteiger partial charge in [0.2, 0.25) is 0 Å². The zero-order valence-corrected chi connectivity index (χ0v) is 8.84. The molecule has 0 aromatic carbocycles. The molecule has 6 heteroatoms. The van der Waals surface area contributed by atoms with Gasteiger partial charge in [-0.15, -0.1) is 0 Å². The molecule has 1 N–H and O–H groups in total. The lowest BCUT2D eigenvalue weighted by Crippen LogP contribution is -2.19. The largest absolute Gasteiger partial charge is 0.462 e. The van der Waals surface area contributed by atoms with E-state index in [2.05, 4.69) is 9.72 Å². The molecule has 0 radical (unpaired) electrons. The highest BCUT2D eigenvalue weighted by molar-refractivity contribution is 5.92. The fourth-order valence-electron chi connectivity index (χ4n) is 1.30. The molecule has 0 saturated carbocycles. The Morgan fingerprint density at radius 1 is 1.56 bits per heavy atom. The van der Waals surface area contributed by atoms with Crippen molar-refractivity contribution in [3.8, 4) is 0 Å². The van der Waals surface area contributed by atoms with Gasteiger partial charge >= 0.3 is 5.97 Å². The molecule has 0 bridgehead atoms. The smallest absolute Gasteiger partial charge is 0.339 e. The number of halogens is 2. The number of ether oxygens (including phenoxy) is 1. The molecule has 0 aliphatic carbocycles. The van der Waals surface area contributed by atoms with E-state index < -0.39 is 23.5 Å². The number of hydrogen-bond acceptors (Lipinski definition) is 3. The third-order valence-corrected chi connectivity index (χ3v) is 2.08. The number of carbonyl (C=O) groups is 1. The number of nitrogens with one attached hydrogen (secondary N) is 1. The topological polar surface area (TPSA) is 59.2 Å². The maximum atomic E-state index is 12.6. The molecular weight excluding hydrogens is 220 g/mol. The third kappa shape index (κ3) is 2.26. The van der Waals surface area contributed by atoms with Gasteiger partial charge in [0.15, 0.2) is 0 Å². The van der Waals surface area contributed by atoms with E-state index in [1.165, 1.54) is 6.92 Å². The summed E-state index contributed by atoms with van der Waals surface area (Å²) in [6.07, 6.45) is -2.00. The van der Waals surface area contributed by atoms with Gasteiger partial charge in [0.05, 0.1) is 12.2 Å². The van der Waals surface area contributed by atoms with E-state index in [4.69, 9.17) is 0 Å². The van der Waals surface area contributed by atoms with Crippen LogP contribution in [0.5, 0.6) is 0 Å². The number of carbonyl (C=O) groups excluding carboxylic acids is 1. The minimum absolute atomic E-state index is 0.0590. The van der Waals surface area contributed by atoms with Crippen molar-refractivity contribution in [3.05, 3.63) is 33.2 Å². The molecule has 4 nitrogen and oxygen atoms in total. The van der Waals surface area contributed by atoms with Gasteiger partial charge in [-0.05, 0) is 13.8 Å². The standard InChI is InChI=1S/C10H11F2NO3/c1-3-16-10(15)7-5(2)9(14)13-4-6(7)8(11)12/h4,8H,3H2,1-2H3,(H,13,14). The first kappa shape index (κ1) is 12.4. The number of H-pyrrole nitrogens is 1. The van der Waals surface area contributed by atoms with Gasteiger partial charge < -0.3 is 9.72 Å². The van der Waals surface area contributed by atoms with Crippen LogP contribution in [0.1, 0.15) is 34.8 Å². The Labute approximate surface area is 90.2 Å². The number of esters is 1. The van der Waals surface area contributed by atoms with E-state index in [1.54, 1.807) is 6.92 Å². The van der Waals surface area contributed by atoms with Gasteiger partial charge in [0.25, 0.3) is 12.0 Å². The van der Waals surface area contributed by atoms with Crippen LogP contribution in [0, 0.1) is 6.92 Å². The van der Waals surface area contributed by atoms with E-state index in [0.717, 1.165) is 6.20 Å². The average molecular weight is 231 g/mol. The van der Waals surface area contributed by atoms with Gasteiger partial charge in [0.1, 0.15) is 0 Å². The van der Waals surface area contributed by atoms with Crippen molar-refractivity contribution >= 4 is 5.97 Å². The number of alkyl halides is 2. The van der Waals surface area contributed by atoms with Gasteiger partial charge in [-0.3, -0.25) is 4.79 Å². The van der Waals surface area contributed by atoms with E-state index in [1.807, 2.05) is 0 Å². The minimum atomic E-state index is -2.84. The number of aromatic nitrogens is 1. The van der Waals surface area contributed by atoms with Crippen molar-refractivity contribution in [2.45, 2.75) is 20.3 Å². The highest BCUT2D eigenvalue weighted by Crippen LogP contribution is 2.23. The van der Waals surface area contributed by atoms with Crippen molar-refractivity contribution in [1.82, 2.24) is 4.98 Å².